The van der Waals surface area contributed by atoms with Gasteiger partial charge in [-0.15, -0.1) is 0 Å². The maximum absolute atomic E-state index is 11.5. The van der Waals surface area contributed by atoms with Gasteiger partial charge in [-0.25, -0.2) is 4.79 Å². The molecule has 0 atom stereocenters. The highest BCUT2D eigenvalue weighted by atomic mass is 16.5. The minimum absolute atomic E-state index is 0.375. The molecule has 21 heavy (non-hydrogen) atoms. The maximum Gasteiger partial charge on any atom is 0.337 e. The van der Waals surface area contributed by atoms with Crippen LogP contribution in [-0.2, 0) is 11.2 Å². The molecule has 0 aliphatic heterocycles. The van der Waals surface area contributed by atoms with Gasteiger partial charge < -0.3 is 15.4 Å². The topological polar surface area (TPSA) is 55.6 Å². The number of carbonyl (C=O) groups excluding carboxylic acids is 1. The highest BCUT2D eigenvalue weighted by Crippen LogP contribution is 2.24. The van der Waals surface area contributed by atoms with Crippen LogP contribution in [0.3, 0.4) is 0 Å². The van der Waals surface area contributed by atoms with E-state index in [4.69, 9.17) is 5.73 Å². The number of rotatable bonds is 5. The molecule has 2 N–H and O–H groups in total. The Morgan fingerprint density at radius 1 is 1.19 bits per heavy atom. The van der Waals surface area contributed by atoms with E-state index in [-0.39, 0.29) is 5.97 Å². The molecule has 0 spiro atoms. The molecule has 2 rings (SSSR count). The Morgan fingerprint density at radius 2 is 1.90 bits per heavy atom. The molecule has 0 unspecified atom stereocenters. The van der Waals surface area contributed by atoms with E-state index in [1.165, 1.54) is 12.7 Å². The zero-order chi connectivity index (χ0) is 15.2. The van der Waals surface area contributed by atoms with Gasteiger partial charge in [0.2, 0.25) is 0 Å². The van der Waals surface area contributed by atoms with E-state index in [1.54, 1.807) is 12.1 Å². The Balaban J connectivity index is 2.05. The number of hydrogen-bond acceptors (Lipinski definition) is 4. The lowest BCUT2D eigenvalue weighted by molar-refractivity contribution is 0.0601. The molecule has 0 fully saturated rings. The number of carbonyl (C=O) groups is 1. The van der Waals surface area contributed by atoms with Crippen LogP contribution in [0.5, 0.6) is 0 Å². The van der Waals surface area contributed by atoms with Gasteiger partial charge in [0.25, 0.3) is 0 Å². The van der Waals surface area contributed by atoms with Gasteiger partial charge in [0.15, 0.2) is 0 Å². The van der Waals surface area contributed by atoms with Gasteiger partial charge >= 0.3 is 5.97 Å². The molecular weight excluding hydrogens is 264 g/mol. The Hall–Kier alpha value is -2.49. The molecular formula is C17H20N2O2. The van der Waals surface area contributed by atoms with Crippen molar-refractivity contribution in [1.82, 2.24) is 0 Å². The van der Waals surface area contributed by atoms with Crippen LogP contribution in [-0.4, -0.2) is 26.7 Å². The minimum Gasteiger partial charge on any atom is -0.465 e. The molecule has 0 saturated carbocycles. The lowest BCUT2D eigenvalue weighted by Gasteiger charge is -2.21. The van der Waals surface area contributed by atoms with Crippen molar-refractivity contribution in [3.63, 3.8) is 0 Å². The van der Waals surface area contributed by atoms with Gasteiger partial charge in [0.1, 0.15) is 0 Å². The van der Waals surface area contributed by atoms with Crippen LogP contribution in [0.25, 0.3) is 0 Å². The summed E-state index contributed by atoms with van der Waals surface area (Å²) >= 11 is 0. The second-order valence-electron chi connectivity index (χ2n) is 4.92. The first-order valence-corrected chi connectivity index (χ1v) is 6.84. The first-order chi connectivity index (χ1) is 10.1. The number of nitrogens with zero attached hydrogens (tertiary/aromatic N) is 1. The lowest BCUT2D eigenvalue weighted by Crippen LogP contribution is -2.21. The van der Waals surface area contributed by atoms with Crippen molar-refractivity contribution in [3.05, 3.63) is 59.7 Å². The summed E-state index contributed by atoms with van der Waals surface area (Å²) in [5, 5.41) is 0. The summed E-state index contributed by atoms with van der Waals surface area (Å²) in [7, 11) is 3.35. The summed E-state index contributed by atoms with van der Waals surface area (Å²) < 4.78 is 4.69. The highest BCUT2D eigenvalue weighted by molar-refractivity contribution is 5.91. The highest BCUT2D eigenvalue weighted by Gasteiger charge is 2.10. The number of ether oxygens (including phenoxy) is 1. The van der Waals surface area contributed by atoms with Gasteiger partial charge in [-0.05, 0) is 30.2 Å². The van der Waals surface area contributed by atoms with E-state index >= 15 is 0 Å². The quantitative estimate of drug-likeness (QED) is 0.677. The molecule has 110 valence electrons. The van der Waals surface area contributed by atoms with Crippen LogP contribution in [0.4, 0.5) is 11.4 Å². The minimum atomic E-state index is -0.375. The molecule has 0 aliphatic rings. The molecule has 0 saturated heterocycles. The van der Waals surface area contributed by atoms with Crippen LogP contribution in [0, 0.1) is 0 Å². The first kappa shape index (κ1) is 14.9. The average molecular weight is 284 g/mol. The van der Waals surface area contributed by atoms with Gasteiger partial charge in [0.05, 0.1) is 24.0 Å². The van der Waals surface area contributed by atoms with Crippen LogP contribution >= 0.6 is 0 Å². The normalized spacial score (nSPS) is 10.2. The van der Waals surface area contributed by atoms with Crippen molar-refractivity contribution >= 4 is 17.3 Å². The van der Waals surface area contributed by atoms with Crippen molar-refractivity contribution in [2.24, 2.45) is 0 Å². The predicted octanol–water partition coefficient (Wildman–Crippen LogP) is 2.73. The van der Waals surface area contributed by atoms with Gasteiger partial charge in [-0.2, -0.15) is 0 Å². The third-order valence-corrected chi connectivity index (χ3v) is 3.44. The second kappa shape index (κ2) is 6.79. The van der Waals surface area contributed by atoms with Crippen LogP contribution in [0.15, 0.2) is 48.5 Å². The SMILES string of the molecule is COC(=O)c1ccc(N(C)CCc2ccccc2)c(N)c1. The Morgan fingerprint density at radius 3 is 2.52 bits per heavy atom. The molecule has 2 aromatic rings. The van der Waals surface area contributed by atoms with E-state index in [9.17, 15) is 4.79 Å². The number of hydrogen-bond donors (Lipinski definition) is 1. The fourth-order valence-electron chi connectivity index (χ4n) is 2.21. The predicted molar refractivity (Wildman–Crippen MR) is 85.6 cm³/mol. The number of likely N-dealkylation sites (N-methyl/N-ethyl adjacent to an activating group) is 1. The van der Waals surface area contributed by atoms with Crippen LogP contribution < -0.4 is 10.6 Å². The van der Waals surface area contributed by atoms with Crippen molar-refractivity contribution in [2.45, 2.75) is 6.42 Å². The molecule has 0 radical (unpaired) electrons. The fraction of sp³-hybridized carbons (Fsp3) is 0.235. The van der Waals surface area contributed by atoms with E-state index in [0.29, 0.717) is 11.3 Å². The molecule has 0 aromatic heterocycles. The van der Waals surface area contributed by atoms with Crippen molar-refractivity contribution < 1.29 is 9.53 Å². The summed E-state index contributed by atoms with van der Waals surface area (Å²) in [5.41, 5.74) is 9.28. The number of methoxy groups -OCH3 is 1. The fourth-order valence-corrected chi connectivity index (χ4v) is 2.21. The first-order valence-electron chi connectivity index (χ1n) is 6.84. The number of anilines is 2. The van der Waals surface area contributed by atoms with E-state index in [0.717, 1.165) is 18.7 Å². The molecule has 4 heteroatoms. The Labute approximate surface area is 125 Å². The molecule has 0 aliphatic carbocycles. The average Bonchev–Trinajstić information content (AvgIpc) is 2.52. The number of nitrogen functional groups attached to an aromatic ring is 1. The number of esters is 1. The number of benzene rings is 2. The summed E-state index contributed by atoms with van der Waals surface area (Å²) in [6.45, 7) is 0.853. The smallest absolute Gasteiger partial charge is 0.337 e. The summed E-state index contributed by atoms with van der Waals surface area (Å²) in [4.78, 5) is 13.6. The third-order valence-electron chi connectivity index (χ3n) is 3.44. The Kier molecular flexibility index (Phi) is 4.82. The number of nitrogens with two attached hydrogens (primary N) is 1. The zero-order valence-corrected chi connectivity index (χ0v) is 12.4. The third kappa shape index (κ3) is 3.75. The van der Waals surface area contributed by atoms with Crippen LogP contribution in [0.2, 0.25) is 0 Å². The monoisotopic (exact) mass is 284 g/mol. The van der Waals surface area contributed by atoms with Gasteiger partial charge in [-0.3, -0.25) is 0 Å². The molecule has 4 nitrogen and oxygen atoms in total. The molecule has 0 bridgehead atoms. The van der Waals surface area contributed by atoms with Crippen molar-refractivity contribution in [1.29, 1.82) is 0 Å². The molecule has 2 aromatic carbocycles. The Bertz CT molecular complexity index is 611. The zero-order valence-electron chi connectivity index (χ0n) is 12.4. The van der Waals surface area contributed by atoms with Crippen LogP contribution in [0.1, 0.15) is 15.9 Å². The molecule has 0 amide bonds. The maximum atomic E-state index is 11.5. The van der Waals surface area contributed by atoms with E-state index in [2.05, 4.69) is 21.8 Å². The summed E-state index contributed by atoms with van der Waals surface area (Å²) in [5.74, 6) is -0.375. The largest absolute Gasteiger partial charge is 0.465 e. The standard InChI is InChI=1S/C17H20N2O2/c1-19(11-10-13-6-4-3-5-7-13)16-9-8-14(12-15(16)18)17(20)21-2/h3-9,12H,10-11,18H2,1-2H3. The van der Waals surface area contributed by atoms with E-state index < -0.39 is 0 Å². The summed E-state index contributed by atoms with van der Waals surface area (Å²) in [6.07, 6.45) is 0.940. The van der Waals surface area contributed by atoms with E-state index in [1.807, 2.05) is 31.3 Å². The van der Waals surface area contributed by atoms with Crippen molar-refractivity contribution in [3.8, 4) is 0 Å². The second-order valence-corrected chi connectivity index (χ2v) is 4.92. The molecule has 0 heterocycles. The van der Waals surface area contributed by atoms with Crippen molar-refractivity contribution in [2.75, 3.05) is 31.3 Å². The van der Waals surface area contributed by atoms with Gasteiger partial charge in [0, 0.05) is 13.6 Å². The van der Waals surface area contributed by atoms with Gasteiger partial charge in [-0.1, -0.05) is 30.3 Å². The summed E-state index contributed by atoms with van der Waals surface area (Å²) in [6, 6.07) is 15.5. The lowest BCUT2D eigenvalue weighted by atomic mass is 10.1.